The Bertz CT molecular complexity index is 1310. The molecule has 0 bridgehead atoms. The molecule has 180 valence electrons. The summed E-state index contributed by atoms with van der Waals surface area (Å²) in [4.78, 5) is 17.7. The maximum absolute atomic E-state index is 13.4. The number of anilines is 1. The fourth-order valence-electron chi connectivity index (χ4n) is 3.78. The number of hydrogen-bond acceptors (Lipinski definition) is 3. The molecule has 4 rings (SSSR count). The molecule has 3 aromatic carbocycles. The summed E-state index contributed by atoms with van der Waals surface area (Å²) in [6.07, 6.45) is -2.86. The Labute approximate surface area is 214 Å². The van der Waals surface area contributed by atoms with Crippen LogP contribution in [0.1, 0.15) is 39.5 Å². The van der Waals surface area contributed by atoms with Crippen LogP contribution in [0.4, 0.5) is 18.3 Å². The van der Waals surface area contributed by atoms with Gasteiger partial charge in [0, 0.05) is 39.9 Å². The first-order valence-corrected chi connectivity index (χ1v) is 12.2. The maximum Gasteiger partial charge on any atom is 0.416 e. The number of nitrogens with zero attached hydrogens (tertiary/aromatic N) is 1. The lowest BCUT2D eigenvalue weighted by molar-refractivity contribution is -0.138. The van der Waals surface area contributed by atoms with Crippen molar-refractivity contribution in [2.75, 3.05) is 5.32 Å². The zero-order valence-corrected chi connectivity index (χ0v) is 20.5. The van der Waals surface area contributed by atoms with Crippen LogP contribution < -0.4 is 5.32 Å². The highest BCUT2D eigenvalue weighted by molar-refractivity contribution is 7.15. The molecule has 0 saturated heterocycles. The van der Waals surface area contributed by atoms with Gasteiger partial charge in [0.2, 0.25) is 5.91 Å². The molecule has 0 saturated carbocycles. The van der Waals surface area contributed by atoms with Gasteiger partial charge in [-0.25, -0.2) is 4.98 Å². The largest absolute Gasteiger partial charge is 0.416 e. The molecule has 9 heteroatoms. The minimum Gasteiger partial charge on any atom is -0.302 e. The van der Waals surface area contributed by atoms with Crippen molar-refractivity contribution in [3.8, 4) is 0 Å². The predicted molar refractivity (Wildman–Crippen MR) is 134 cm³/mol. The highest BCUT2D eigenvalue weighted by Gasteiger charge is 2.33. The standard InChI is InChI=1S/C26H19Cl2F3N2OS/c27-19-8-6-17(7-9-19)22(16-4-2-1-3-5-16)14-24(34)33-25-32-15-21(35-25)13-18-12-20(28)10-11-23(18)26(29,30)31/h1-12,15,22H,13-14H2,(H,32,33,34). The van der Waals surface area contributed by atoms with Crippen molar-refractivity contribution in [1.29, 1.82) is 0 Å². The van der Waals surface area contributed by atoms with Gasteiger partial charge >= 0.3 is 6.18 Å². The van der Waals surface area contributed by atoms with E-state index in [9.17, 15) is 18.0 Å². The Balaban J connectivity index is 1.49. The van der Waals surface area contributed by atoms with Gasteiger partial charge in [-0.3, -0.25) is 4.79 Å². The molecule has 1 amide bonds. The van der Waals surface area contributed by atoms with E-state index in [-0.39, 0.29) is 35.3 Å². The molecule has 1 unspecified atom stereocenters. The fraction of sp³-hybridized carbons (Fsp3) is 0.154. The van der Waals surface area contributed by atoms with Crippen molar-refractivity contribution in [2.45, 2.75) is 24.9 Å². The van der Waals surface area contributed by atoms with Gasteiger partial charge in [-0.15, -0.1) is 11.3 Å². The van der Waals surface area contributed by atoms with E-state index in [0.717, 1.165) is 28.5 Å². The van der Waals surface area contributed by atoms with Crippen LogP contribution in [0, 0.1) is 0 Å². The van der Waals surface area contributed by atoms with E-state index >= 15 is 0 Å². The molecule has 4 aromatic rings. The average molecular weight is 535 g/mol. The Morgan fingerprint density at radius 3 is 2.29 bits per heavy atom. The minimum atomic E-state index is -4.49. The summed E-state index contributed by atoms with van der Waals surface area (Å²) in [5.74, 6) is -0.456. The molecule has 1 N–H and O–H groups in total. The Kier molecular flexibility index (Phi) is 7.79. The maximum atomic E-state index is 13.4. The third kappa shape index (κ3) is 6.63. The van der Waals surface area contributed by atoms with Crippen LogP contribution >= 0.6 is 34.5 Å². The quantitative estimate of drug-likeness (QED) is 0.259. The number of nitrogens with one attached hydrogen (secondary N) is 1. The van der Waals surface area contributed by atoms with Gasteiger partial charge < -0.3 is 5.32 Å². The van der Waals surface area contributed by atoms with Gasteiger partial charge in [0.1, 0.15) is 0 Å². The van der Waals surface area contributed by atoms with Crippen LogP contribution in [-0.2, 0) is 17.4 Å². The predicted octanol–water partition coefficient (Wildman–Crippen LogP) is 8.22. The Morgan fingerprint density at radius 2 is 1.60 bits per heavy atom. The van der Waals surface area contributed by atoms with Gasteiger partial charge in [-0.05, 0) is 47.0 Å². The summed E-state index contributed by atoms with van der Waals surface area (Å²) in [7, 11) is 0. The number of alkyl halides is 3. The number of benzene rings is 3. The third-order valence-electron chi connectivity index (χ3n) is 5.40. The van der Waals surface area contributed by atoms with Gasteiger partial charge in [0.05, 0.1) is 5.56 Å². The lowest BCUT2D eigenvalue weighted by Crippen LogP contribution is -2.16. The second-order valence-corrected chi connectivity index (χ2v) is 9.86. The second-order valence-electron chi connectivity index (χ2n) is 7.87. The monoisotopic (exact) mass is 534 g/mol. The number of rotatable bonds is 7. The van der Waals surface area contributed by atoms with Gasteiger partial charge in [-0.2, -0.15) is 13.2 Å². The first-order valence-electron chi connectivity index (χ1n) is 10.6. The van der Waals surface area contributed by atoms with Crippen LogP contribution in [-0.4, -0.2) is 10.9 Å². The Hall–Kier alpha value is -2.87. The van der Waals surface area contributed by atoms with E-state index in [4.69, 9.17) is 23.2 Å². The number of aromatic nitrogens is 1. The van der Waals surface area contributed by atoms with Crippen molar-refractivity contribution in [3.63, 3.8) is 0 Å². The van der Waals surface area contributed by atoms with Gasteiger partial charge in [0.25, 0.3) is 0 Å². The summed E-state index contributed by atoms with van der Waals surface area (Å²) in [5, 5.41) is 3.93. The normalized spacial score (nSPS) is 12.4. The van der Waals surface area contributed by atoms with Gasteiger partial charge in [-0.1, -0.05) is 65.7 Å². The van der Waals surface area contributed by atoms with Crippen molar-refractivity contribution >= 4 is 45.6 Å². The number of thiazole rings is 1. The third-order valence-corrected chi connectivity index (χ3v) is 6.80. The number of halogens is 5. The summed E-state index contributed by atoms with van der Waals surface area (Å²) in [5.41, 5.74) is 1.23. The lowest BCUT2D eigenvalue weighted by atomic mass is 9.88. The highest BCUT2D eigenvalue weighted by Crippen LogP contribution is 2.35. The smallest absolute Gasteiger partial charge is 0.302 e. The molecule has 0 aliphatic heterocycles. The number of carbonyl (C=O) groups is 1. The average Bonchev–Trinajstić information content (AvgIpc) is 3.24. The second kappa shape index (κ2) is 10.8. The summed E-state index contributed by atoms with van der Waals surface area (Å²) >= 11 is 13.1. The van der Waals surface area contributed by atoms with Crippen LogP contribution in [0.15, 0.2) is 79.0 Å². The number of hydrogen-bond donors (Lipinski definition) is 1. The molecule has 35 heavy (non-hydrogen) atoms. The van der Waals surface area contributed by atoms with Crippen LogP contribution in [0.3, 0.4) is 0 Å². The van der Waals surface area contributed by atoms with E-state index in [1.165, 1.54) is 18.3 Å². The molecule has 3 nitrogen and oxygen atoms in total. The first kappa shape index (κ1) is 25.2. The van der Waals surface area contributed by atoms with E-state index in [2.05, 4.69) is 10.3 Å². The zero-order chi connectivity index (χ0) is 25.0. The molecule has 1 aromatic heterocycles. The lowest BCUT2D eigenvalue weighted by Gasteiger charge is -2.17. The molecule has 1 atom stereocenters. The first-order chi connectivity index (χ1) is 16.7. The summed E-state index contributed by atoms with van der Waals surface area (Å²) < 4.78 is 40.1. The number of carbonyl (C=O) groups excluding carboxylic acids is 1. The molecule has 0 spiro atoms. The molecular weight excluding hydrogens is 516 g/mol. The van der Waals surface area contributed by atoms with Crippen molar-refractivity contribution < 1.29 is 18.0 Å². The van der Waals surface area contributed by atoms with Crippen LogP contribution in [0.5, 0.6) is 0 Å². The Morgan fingerprint density at radius 1 is 0.943 bits per heavy atom. The van der Waals surface area contributed by atoms with Crippen molar-refractivity contribution in [2.24, 2.45) is 0 Å². The molecule has 1 heterocycles. The number of amides is 1. The summed E-state index contributed by atoms with van der Waals surface area (Å²) in [6.45, 7) is 0. The van der Waals surface area contributed by atoms with Gasteiger partial charge in [0.15, 0.2) is 5.13 Å². The topological polar surface area (TPSA) is 42.0 Å². The molecular formula is C26H19Cl2F3N2OS. The SMILES string of the molecule is O=C(CC(c1ccccc1)c1ccc(Cl)cc1)Nc1ncc(Cc2cc(Cl)ccc2C(F)(F)F)s1. The zero-order valence-electron chi connectivity index (χ0n) is 18.2. The van der Waals surface area contributed by atoms with Crippen LogP contribution in [0.25, 0.3) is 0 Å². The molecule has 0 aliphatic rings. The van der Waals surface area contributed by atoms with E-state index in [1.807, 2.05) is 42.5 Å². The van der Waals surface area contributed by atoms with Crippen molar-refractivity contribution in [3.05, 3.63) is 116 Å². The fourth-order valence-corrected chi connectivity index (χ4v) is 4.96. The van der Waals surface area contributed by atoms with E-state index < -0.39 is 11.7 Å². The molecule has 0 aliphatic carbocycles. The molecule has 0 fully saturated rings. The van der Waals surface area contributed by atoms with E-state index in [1.54, 1.807) is 12.1 Å². The summed E-state index contributed by atoms with van der Waals surface area (Å²) in [6, 6.07) is 20.5. The van der Waals surface area contributed by atoms with Crippen molar-refractivity contribution in [1.82, 2.24) is 4.98 Å². The molecule has 0 radical (unpaired) electrons. The minimum absolute atomic E-state index is 0.000353. The van der Waals surface area contributed by atoms with Crippen LogP contribution in [0.2, 0.25) is 10.0 Å². The highest BCUT2D eigenvalue weighted by atomic mass is 35.5. The van der Waals surface area contributed by atoms with E-state index in [0.29, 0.717) is 15.0 Å².